The van der Waals surface area contributed by atoms with Crippen molar-refractivity contribution in [3.8, 4) is 0 Å². The van der Waals surface area contributed by atoms with Crippen LogP contribution in [-0.4, -0.2) is 32.7 Å². The molecule has 1 fully saturated rings. The molecular weight excluding hydrogens is 361 g/mol. The van der Waals surface area contributed by atoms with Crippen molar-refractivity contribution < 1.29 is 18.0 Å². The van der Waals surface area contributed by atoms with E-state index < -0.39 is 24.0 Å². The molecule has 1 aliphatic rings. The van der Waals surface area contributed by atoms with Crippen molar-refractivity contribution in [3.63, 3.8) is 0 Å². The van der Waals surface area contributed by atoms with E-state index in [9.17, 15) is 22.8 Å². The lowest BCUT2D eigenvalue weighted by atomic mass is 9.85. The fraction of sp³-hybridized carbons (Fsp3) is 0.389. The Hall–Kier alpha value is -2.84. The SMILES string of the molecule is O=C(NC1CCCC(C(F)(F)F)C1)c1cnn2c1[nH]c(=O)c1ccccc12. The lowest BCUT2D eigenvalue weighted by Crippen LogP contribution is -2.41. The third-order valence-electron chi connectivity index (χ3n) is 5.09. The van der Waals surface area contributed by atoms with E-state index in [0.29, 0.717) is 23.7 Å². The van der Waals surface area contributed by atoms with Gasteiger partial charge in [-0.05, 0) is 31.4 Å². The van der Waals surface area contributed by atoms with Crippen LogP contribution in [0, 0.1) is 5.92 Å². The highest BCUT2D eigenvalue weighted by Crippen LogP contribution is 2.37. The number of hydrogen-bond donors (Lipinski definition) is 2. The van der Waals surface area contributed by atoms with Crippen molar-refractivity contribution in [2.75, 3.05) is 0 Å². The Morgan fingerprint density at radius 3 is 2.81 bits per heavy atom. The fourth-order valence-corrected chi connectivity index (χ4v) is 3.72. The molecular formula is C18H17F3N4O2. The third kappa shape index (κ3) is 3.17. The van der Waals surface area contributed by atoms with Gasteiger partial charge in [0.1, 0.15) is 11.2 Å². The van der Waals surface area contributed by atoms with Gasteiger partial charge in [0.2, 0.25) is 0 Å². The second kappa shape index (κ2) is 6.40. The number of carbonyl (C=O) groups is 1. The van der Waals surface area contributed by atoms with Gasteiger partial charge in [-0.15, -0.1) is 0 Å². The molecule has 0 aliphatic heterocycles. The number of fused-ring (bicyclic) bond motifs is 3. The summed E-state index contributed by atoms with van der Waals surface area (Å²) >= 11 is 0. The molecule has 1 aromatic carbocycles. The van der Waals surface area contributed by atoms with Crippen LogP contribution >= 0.6 is 0 Å². The molecule has 6 nitrogen and oxygen atoms in total. The van der Waals surface area contributed by atoms with E-state index in [-0.39, 0.29) is 29.6 Å². The molecule has 0 radical (unpaired) electrons. The van der Waals surface area contributed by atoms with Gasteiger partial charge >= 0.3 is 6.18 Å². The number of halogens is 3. The second-order valence-corrected chi connectivity index (χ2v) is 6.87. The van der Waals surface area contributed by atoms with Crippen LogP contribution in [-0.2, 0) is 0 Å². The number of hydrogen-bond acceptors (Lipinski definition) is 3. The normalized spacial score (nSPS) is 20.9. The topological polar surface area (TPSA) is 79.3 Å². The smallest absolute Gasteiger partial charge is 0.349 e. The largest absolute Gasteiger partial charge is 0.391 e. The van der Waals surface area contributed by atoms with E-state index in [0.717, 1.165) is 0 Å². The number of benzene rings is 1. The first-order valence-electron chi connectivity index (χ1n) is 8.71. The van der Waals surface area contributed by atoms with Crippen LogP contribution in [0.1, 0.15) is 36.0 Å². The summed E-state index contributed by atoms with van der Waals surface area (Å²) in [4.78, 5) is 27.5. The number of H-pyrrole nitrogens is 1. The molecule has 2 N–H and O–H groups in total. The van der Waals surface area contributed by atoms with E-state index in [1.807, 2.05) is 0 Å². The van der Waals surface area contributed by atoms with E-state index >= 15 is 0 Å². The summed E-state index contributed by atoms with van der Waals surface area (Å²) in [6.07, 6.45) is -2.07. The average Bonchev–Trinajstić information content (AvgIpc) is 3.05. The molecule has 1 aliphatic carbocycles. The summed E-state index contributed by atoms with van der Waals surface area (Å²) in [6, 6.07) is 6.28. The van der Waals surface area contributed by atoms with Crippen molar-refractivity contribution in [1.29, 1.82) is 0 Å². The van der Waals surface area contributed by atoms with Crippen molar-refractivity contribution in [1.82, 2.24) is 19.9 Å². The Labute approximate surface area is 151 Å². The van der Waals surface area contributed by atoms with E-state index in [1.54, 1.807) is 24.3 Å². The zero-order valence-corrected chi connectivity index (χ0v) is 14.2. The minimum Gasteiger partial charge on any atom is -0.349 e. The Bertz CT molecular complexity index is 1070. The molecule has 2 atom stereocenters. The first-order valence-corrected chi connectivity index (χ1v) is 8.71. The lowest BCUT2D eigenvalue weighted by Gasteiger charge is -2.30. The molecule has 0 spiro atoms. The van der Waals surface area contributed by atoms with Gasteiger partial charge in [0, 0.05) is 6.04 Å². The highest BCUT2D eigenvalue weighted by molar-refractivity contribution is 6.00. The van der Waals surface area contributed by atoms with Crippen LogP contribution < -0.4 is 10.9 Å². The van der Waals surface area contributed by atoms with Gasteiger partial charge in [-0.3, -0.25) is 9.59 Å². The molecule has 0 saturated heterocycles. The summed E-state index contributed by atoms with van der Waals surface area (Å²) < 4.78 is 40.3. The number of rotatable bonds is 2. The first kappa shape index (κ1) is 17.6. The predicted octanol–water partition coefficient (Wildman–Crippen LogP) is 3.03. The summed E-state index contributed by atoms with van der Waals surface area (Å²) in [5.74, 6) is -1.94. The maximum atomic E-state index is 13.0. The third-order valence-corrected chi connectivity index (χ3v) is 5.09. The molecule has 142 valence electrons. The highest BCUT2D eigenvalue weighted by atomic mass is 19.4. The minimum absolute atomic E-state index is 0.0892. The van der Waals surface area contributed by atoms with Gasteiger partial charge in [-0.25, -0.2) is 4.52 Å². The Kier molecular flexibility index (Phi) is 4.16. The average molecular weight is 378 g/mol. The first-order chi connectivity index (χ1) is 12.8. The Morgan fingerprint density at radius 2 is 2.04 bits per heavy atom. The van der Waals surface area contributed by atoms with Crippen LogP contribution in [0.2, 0.25) is 0 Å². The van der Waals surface area contributed by atoms with Crippen molar-refractivity contribution in [3.05, 3.63) is 46.4 Å². The van der Waals surface area contributed by atoms with Gasteiger partial charge in [0.25, 0.3) is 11.5 Å². The lowest BCUT2D eigenvalue weighted by molar-refractivity contribution is -0.183. The summed E-state index contributed by atoms with van der Waals surface area (Å²) in [5, 5.41) is 7.26. The quantitative estimate of drug-likeness (QED) is 0.719. The molecule has 1 saturated carbocycles. The maximum Gasteiger partial charge on any atom is 0.391 e. The van der Waals surface area contributed by atoms with Crippen LogP contribution in [0.4, 0.5) is 13.2 Å². The Morgan fingerprint density at radius 1 is 1.26 bits per heavy atom. The monoisotopic (exact) mass is 378 g/mol. The van der Waals surface area contributed by atoms with E-state index in [1.165, 1.54) is 10.7 Å². The molecule has 2 heterocycles. The zero-order chi connectivity index (χ0) is 19.2. The molecule has 2 aromatic heterocycles. The van der Waals surface area contributed by atoms with Gasteiger partial charge in [-0.1, -0.05) is 18.6 Å². The van der Waals surface area contributed by atoms with Gasteiger partial charge in [0.05, 0.1) is 23.0 Å². The van der Waals surface area contributed by atoms with E-state index in [4.69, 9.17) is 0 Å². The van der Waals surface area contributed by atoms with Crippen LogP contribution in [0.15, 0.2) is 35.3 Å². The van der Waals surface area contributed by atoms with Crippen molar-refractivity contribution in [2.24, 2.45) is 5.92 Å². The molecule has 1 amide bonds. The van der Waals surface area contributed by atoms with Gasteiger partial charge < -0.3 is 10.3 Å². The Balaban J connectivity index is 1.63. The molecule has 27 heavy (non-hydrogen) atoms. The second-order valence-electron chi connectivity index (χ2n) is 6.87. The molecule has 3 aromatic rings. The number of para-hydroxylation sites is 1. The minimum atomic E-state index is -4.25. The number of nitrogens with one attached hydrogen (secondary N) is 2. The fourth-order valence-electron chi connectivity index (χ4n) is 3.72. The number of aromatic amines is 1. The van der Waals surface area contributed by atoms with Crippen molar-refractivity contribution >= 4 is 22.5 Å². The standard InChI is InChI=1S/C18H17F3N4O2/c19-18(20,21)10-4-3-5-11(8-10)23-17(27)13-9-22-25-14-7-2-1-6-12(14)16(26)24-15(13)25/h1-2,6-7,9-11H,3-5,8H2,(H,23,27)(H,24,26). The summed E-state index contributed by atoms with van der Waals surface area (Å²) in [6.45, 7) is 0. The number of amides is 1. The number of carbonyl (C=O) groups excluding carboxylic acids is 1. The van der Waals surface area contributed by atoms with Gasteiger partial charge in [-0.2, -0.15) is 18.3 Å². The van der Waals surface area contributed by atoms with E-state index in [2.05, 4.69) is 15.4 Å². The number of aromatic nitrogens is 3. The maximum absolute atomic E-state index is 13.0. The zero-order valence-electron chi connectivity index (χ0n) is 14.2. The summed E-state index contributed by atoms with van der Waals surface area (Å²) in [7, 11) is 0. The molecule has 2 unspecified atom stereocenters. The number of alkyl halides is 3. The van der Waals surface area contributed by atoms with Crippen molar-refractivity contribution in [2.45, 2.75) is 37.9 Å². The molecule has 4 rings (SSSR count). The van der Waals surface area contributed by atoms with Crippen LogP contribution in [0.25, 0.3) is 16.6 Å². The van der Waals surface area contributed by atoms with Crippen LogP contribution in [0.5, 0.6) is 0 Å². The highest BCUT2D eigenvalue weighted by Gasteiger charge is 2.42. The molecule has 9 heteroatoms. The summed E-state index contributed by atoms with van der Waals surface area (Å²) in [5.41, 5.74) is 0.541. The van der Waals surface area contributed by atoms with Crippen LogP contribution in [0.3, 0.4) is 0 Å². The number of nitrogens with zero attached hydrogens (tertiary/aromatic N) is 2. The molecule has 0 bridgehead atoms. The predicted molar refractivity (Wildman–Crippen MR) is 92.6 cm³/mol. The van der Waals surface area contributed by atoms with Gasteiger partial charge in [0.15, 0.2) is 0 Å².